The number of nitrogens with zero attached hydrogens (tertiary/aromatic N) is 3. The highest BCUT2D eigenvalue weighted by Gasteiger charge is 2.35. The molecule has 2 aromatic rings. The third-order valence-corrected chi connectivity index (χ3v) is 3.23. The molecule has 0 fully saturated rings. The number of rotatable bonds is 6. The van der Waals surface area contributed by atoms with Crippen LogP contribution in [0.15, 0.2) is 18.2 Å². The minimum Gasteiger partial charge on any atom is -0.497 e. The van der Waals surface area contributed by atoms with E-state index in [0.29, 0.717) is 17.7 Å². The van der Waals surface area contributed by atoms with Crippen molar-refractivity contribution >= 4 is 16.7 Å². The van der Waals surface area contributed by atoms with Gasteiger partial charge in [-0.15, -0.1) is 0 Å². The first-order valence-corrected chi connectivity index (χ1v) is 7.13. The van der Waals surface area contributed by atoms with E-state index in [4.69, 9.17) is 4.74 Å². The number of halogens is 3. The standard InChI is InChI=1S/C15H19F3N4O/c1-22(2)8-4-7-19-13-11-6-5-10(23-3)9-12(11)20-14(21-13)15(16,17)18/h5-6,9H,4,7-8H2,1-3H3,(H,19,20,21). The fourth-order valence-corrected chi connectivity index (χ4v) is 2.10. The number of fused-ring (bicyclic) bond motifs is 1. The van der Waals surface area contributed by atoms with Gasteiger partial charge in [0.2, 0.25) is 5.82 Å². The van der Waals surface area contributed by atoms with Crippen molar-refractivity contribution in [1.82, 2.24) is 14.9 Å². The third kappa shape index (κ3) is 4.44. The van der Waals surface area contributed by atoms with Gasteiger partial charge >= 0.3 is 6.18 Å². The Hall–Kier alpha value is -2.09. The van der Waals surface area contributed by atoms with Crippen LogP contribution in [-0.4, -0.2) is 49.2 Å². The molecule has 8 heteroatoms. The van der Waals surface area contributed by atoms with Gasteiger partial charge in [-0.2, -0.15) is 13.2 Å². The topological polar surface area (TPSA) is 50.3 Å². The van der Waals surface area contributed by atoms with Crippen LogP contribution in [-0.2, 0) is 6.18 Å². The van der Waals surface area contributed by atoms with Gasteiger partial charge in [-0.25, -0.2) is 9.97 Å². The monoisotopic (exact) mass is 328 g/mol. The predicted molar refractivity (Wildman–Crippen MR) is 82.8 cm³/mol. The maximum absolute atomic E-state index is 13.0. The van der Waals surface area contributed by atoms with E-state index in [9.17, 15) is 13.2 Å². The number of hydrogen-bond acceptors (Lipinski definition) is 5. The first kappa shape index (κ1) is 17.3. The summed E-state index contributed by atoms with van der Waals surface area (Å²) in [6.07, 6.45) is -3.81. The van der Waals surface area contributed by atoms with Crippen LogP contribution in [0.5, 0.6) is 5.75 Å². The fourth-order valence-electron chi connectivity index (χ4n) is 2.10. The fraction of sp³-hybridized carbons (Fsp3) is 0.467. The van der Waals surface area contributed by atoms with E-state index in [2.05, 4.69) is 15.3 Å². The molecule has 1 aromatic carbocycles. The Kier molecular flexibility index (Phi) is 5.25. The van der Waals surface area contributed by atoms with Crippen molar-refractivity contribution in [3.05, 3.63) is 24.0 Å². The van der Waals surface area contributed by atoms with Crippen molar-refractivity contribution < 1.29 is 17.9 Å². The van der Waals surface area contributed by atoms with Gasteiger partial charge in [-0.1, -0.05) is 0 Å². The molecule has 1 heterocycles. The molecule has 23 heavy (non-hydrogen) atoms. The van der Waals surface area contributed by atoms with Crippen LogP contribution in [0.3, 0.4) is 0 Å². The molecule has 0 aliphatic rings. The number of anilines is 1. The largest absolute Gasteiger partial charge is 0.497 e. The normalized spacial score (nSPS) is 12.0. The summed E-state index contributed by atoms with van der Waals surface area (Å²) < 4.78 is 44.0. The Morgan fingerprint density at radius 2 is 1.96 bits per heavy atom. The first-order chi connectivity index (χ1) is 10.8. The number of alkyl halides is 3. The molecule has 5 nitrogen and oxygen atoms in total. The van der Waals surface area contributed by atoms with E-state index in [1.807, 2.05) is 19.0 Å². The predicted octanol–water partition coefficient (Wildman–Crippen LogP) is 3.02. The molecule has 1 N–H and O–H groups in total. The molecule has 0 amide bonds. The number of aromatic nitrogens is 2. The second kappa shape index (κ2) is 6.99. The van der Waals surface area contributed by atoms with Gasteiger partial charge in [0.1, 0.15) is 11.6 Å². The number of methoxy groups -OCH3 is 1. The van der Waals surface area contributed by atoms with E-state index < -0.39 is 12.0 Å². The molecule has 0 spiro atoms. The first-order valence-electron chi connectivity index (χ1n) is 7.13. The summed E-state index contributed by atoms with van der Waals surface area (Å²) in [7, 11) is 5.33. The average molecular weight is 328 g/mol. The molecule has 1 aromatic heterocycles. The minimum absolute atomic E-state index is 0.184. The quantitative estimate of drug-likeness (QED) is 0.826. The minimum atomic E-state index is -4.60. The zero-order chi connectivity index (χ0) is 17.0. The lowest BCUT2D eigenvalue weighted by Crippen LogP contribution is -2.18. The van der Waals surface area contributed by atoms with Gasteiger partial charge in [0.25, 0.3) is 0 Å². The zero-order valence-corrected chi connectivity index (χ0v) is 13.2. The Balaban J connectivity index is 2.36. The summed E-state index contributed by atoms with van der Waals surface area (Å²) in [6.45, 7) is 1.35. The molecule has 0 atom stereocenters. The maximum atomic E-state index is 13.0. The average Bonchev–Trinajstić information content (AvgIpc) is 2.49. The molecule has 0 bridgehead atoms. The molecule has 0 aliphatic carbocycles. The Bertz CT molecular complexity index is 674. The second-order valence-electron chi connectivity index (χ2n) is 5.36. The van der Waals surface area contributed by atoms with Crippen LogP contribution in [0.25, 0.3) is 10.9 Å². The summed E-state index contributed by atoms with van der Waals surface area (Å²) in [5, 5.41) is 3.51. The van der Waals surface area contributed by atoms with Crippen LogP contribution in [0.4, 0.5) is 19.0 Å². The van der Waals surface area contributed by atoms with Crippen molar-refractivity contribution in [3.63, 3.8) is 0 Å². The van der Waals surface area contributed by atoms with Gasteiger partial charge in [-0.05, 0) is 39.2 Å². The second-order valence-corrected chi connectivity index (χ2v) is 5.36. The molecule has 0 saturated heterocycles. The molecule has 0 unspecified atom stereocenters. The van der Waals surface area contributed by atoms with Crippen molar-refractivity contribution in [2.24, 2.45) is 0 Å². The number of benzene rings is 1. The van der Waals surface area contributed by atoms with E-state index >= 15 is 0 Å². The highest BCUT2D eigenvalue weighted by Crippen LogP contribution is 2.31. The molecule has 0 saturated carbocycles. The SMILES string of the molecule is COc1ccc2c(NCCCN(C)C)nc(C(F)(F)F)nc2c1. The number of ether oxygens (including phenoxy) is 1. The van der Waals surface area contributed by atoms with E-state index in [0.717, 1.165) is 13.0 Å². The van der Waals surface area contributed by atoms with Gasteiger partial charge in [0.15, 0.2) is 0 Å². The zero-order valence-electron chi connectivity index (χ0n) is 13.2. The van der Waals surface area contributed by atoms with Crippen molar-refractivity contribution in [2.45, 2.75) is 12.6 Å². The lowest BCUT2D eigenvalue weighted by atomic mass is 10.2. The summed E-state index contributed by atoms with van der Waals surface area (Å²) in [6, 6.07) is 4.80. The number of hydrogen-bond donors (Lipinski definition) is 1. The lowest BCUT2D eigenvalue weighted by molar-refractivity contribution is -0.144. The molecule has 2 rings (SSSR count). The molecule has 0 aliphatic heterocycles. The van der Waals surface area contributed by atoms with E-state index in [1.54, 1.807) is 12.1 Å². The van der Waals surface area contributed by atoms with Crippen LogP contribution >= 0.6 is 0 Å². The summed E-state index contributed by atoms with van der Waals surface area (Å²) in [4.78, 5) is 9.26. The Morgan fingerprint density at radius 1 is 1.22 bits per heavy atom. The summed E-state index contributed by atoms with van der Waals surface area (Å²) in [5.74, 6) is -0.528. The number of nitrogens with one attached hydrogen (secondary N) is 1. The highest BCUT2D eigenvalue weighted by atomic mass is 19.4. The highest BCUT2D eigenvalue weighted by molar-refractivity contribution is 5.90. The lowest BCUT2D eigenvalue weighted by Gasteiger charge is -2.14. The smallest absolute Gasteiger partial charge is 0.451 e. The Labute approximate surface area is 132 Å². The molecular formula is C15H19F3N4O. The van der Waals surface area contributed by atoms with Crippen LogP contribution in [0.1, 0.15) is 12.2 Å². The van der Waals surface area contributed by atoms with Gasteiger partial charge < -0.3 is 15.0 Å². The third-order valence-electron chi connectivity index (χ3n) is 3.23. The van der Waals surface area contributed by atoms with E-state index in [1.165, 1.54) is 13.2 Å². The summed E-state index contributed by atoms with van der Waals surface area (Å²) >= 11 is 0. The van der Waals surface area contributed by atoms with Gasteiger partial charge in [0, 0.05) is 18.0 Å². The molecule has 126 valence electrons. The van der Waals surface area contributed by atoms with Crippen molar-refractivity contribution in [2.75, 3.05) is 39.6 Å². The molecular weight excluding hydrogens is 309 g/mol. The van der Waals surface area contributed by atoms with Gasteiger partial charge in [0.05, 0.1) is 12.6 Å². The van der Waals surface area contributed by atoms with Gasteiger partial charge in [-0.3, -0.25) is 0 Å². The van der Waals surface area contributed by atoms with Crippen LogP contribution in [0, 0.1) is 0 Å². The molecule has 0 radical (unpaired) electrons. The Morgan fingerprint density at radius 3 is 2.57 bits per heavy atom. The van der Waals surface area contributed by atoms with Crippen molar-refractivity contribution in [1.29, 1.82) is 0 Å². The maximum Gasteiger partial charge on any atom is 0.451 e. The van der Waals surface area contributed by atoms with Crippen LogP contribution in [0.2, 0.25) is 0 Å². The van der Waals surface area contributed by atoms with E-state index in [-0.39, 0.29) is 11.3 Å². The van der Waals surface area contributed by atoms with Crippen molar-refractivity contribution in [3.8, 4) is 5.75 Å². The van der Waals surface area contributed by atoms with Crippen LogP contribution < -0.4 is 10.1 Å². The summed E-state index contributed by atoms with van der Waals surface area (Å²) in [5.41, 5.74) is 0.196.